The Morgan fingerprint density at radius 1 is 1.00 bits per heavy atom. The smallest absolute Gasteiger partial charge is 0.335 e. The minimum atomic E-state index is -0.736. The van der Waals surface area contributed by atoms with Crippen LogP contribution in [0.3, 0.4) is 0 Å². The zero-order valence-electron chi connectivity index (χ0n) is 13.2. The van der Waals surface area contributed by atoms with Crippen molar-refractivity contribution in [3.8, 4) is 11.6 Å². The number of H-pyrrole nitrogens is 1. The van der Waals surface area contributed by atoms with Gasteiger partial charge in [0.15, 0.2) is 5.82 Å². The van der Waals surface area contributed by atoms with E-state index in [2.05, 4.69) is 30.9 Å². The van der Waals surface area contributed by atoms with E-state index in [1.165, 1.54) is 6.08 Å². The SMILES string of the molecule is O=c1[nH]c(=O)n(-c2ccc(Br)cc2)c(O)c1C=C1N=c2ccccc2=N1. The number of nitrogens with one attached hydrogen (secondary N) is 1. The van der Waals surface area contributed by atoms with Crippen LogP contribution in [0.4, 0.5) is 0 Å². The summed E-state index contributed by atoms with van der Waals surface area (Å²) in [5.41, 5.74) is -1.13. The number of nitrogens with zero attached hydrogens (tertiary/aromatic N) is 3. The van der Waals surface area contributed by atoms with Crippen molar-refractivity contribution in [2.24, 2.45) is 9.98 Å². The number of halogens is 1. The molecule has 0 radical (unpaired) electrons. The molecule has 0 atom stereocenters. The maximum absolute atomic E-state index is 12.2. The quantitative estimate of drug-likeness (QED) is 0.664. The first kappa shape index (κ1) is 16.2. The van der Waals surface area contributed by atoms with Gasteiger partial charge >= 0.3 is 5.69 Å². The van der Waals surface area contributed by atoms with E-state index in [1.54, 1.807) is 36.4 Å². The summed E-state index contributed by atoms with van der Waals surface area (Å²) in [5.74, 6) is -0.206. The molecule has 0 saturated carbocycles. The van der Waals surface area contributed by atoms with Gasteiger partial charge < -0.3 is 5.11 Å². The predicted octanol–water partition coefficient (Wildman–Crippen LogP) is 1.25. The largest absolute Gasteiger partial charge is 0.494 e. The van der Waals surface area contributed by atoms with Gasteiger partial charge in [-0.05, 0) is 36.4 Å². The maximum atomic E-state index is 12.2. The minimum absolute atomic E-state index is 0.0946. The second-order valence-electron chi connectivity index (χ2n) is 5.52. The van der Waals surface area contributed by atoms with Gasteiger partial charge in [-0.15, -0.1) is 0 Å². The van der Waals surface area contributed by atoms with E-state index in [4.69, 9.17) is 0 Å². The third-order valence-electron chi connectivity index (χ3n) is 3.83. The molecule has 4 rings (SSSR count). The van der Waals surface area contributed by atoms with Gasteiger partial charge in [-0.25, -0.2) is 19.3 Å². The third kappa shape index (κ3) is 2.80. The molecule has 0 aliphatic carbocycles. The molecule has 0 spiro atoms. The summed E-state index contributed by atoms with van der Waals surface area (Å²) in [6.45, 7) is 0. The first-order valence-electron chi connectivity index (χ1n) is 7.61. The molecular weight excluding hydrogens is 400 g/mol. The van der Waals surface area contributed by atoms with Crippen molar-refractivity contribution >= 4 is 22.0 Å². The van der Waals surface area contributed by atoms with Crippen LogP contribution in [-0.4, -0.2) is 14.7 Å². The monoisotopic (exact) mass is 410 g/mol. The van der Waals surface area contributed by atoms with Crippen LogP contribution >= 0.6 is 15.9 Å². The number of rotatable bonds is 2. The van der Waals surface area contributed by atoms with Gasteiger partial charge in [-0.2, -0.15) is 0 Å². The van der Waals surface area contributed by atoms with Crippen LogP contribution in [0.15, 0.2) is 78.4 Å². The Kier molecular flexibility index (Phi) is 3.89. The van der Waals surface area contributed by atoms with Crippen molar-refractivity contribution in [2.75, 3.05) is 0 Å². The maximum Gasteiger partial charge on any atom is 0.335 e. The van der Waals surface area contributed by atoms with Crippen molar-refractivity contribution < 1.29 is 5.11 Å². The highest BCUT2D eigenvalue weighted by Gasteiger charge is 2.15. The van der Waals surface area contributed by atoms with E-state index >= 15 is 0 Å². The lowest BCUT2D eigenvalue weighted by atomic mass is 10.2. The van der Waals surface area contributed by atoms with Crippen molar-refractivity contribution in [3.05, 3.63) is 95.9 Å². The molecular formula is C18H11BrN4O3. The summed E-state index contributed by atoms with van der Waals surface area (Å²) in [5, 5.41) is 11.9. The molecule has 0 fully saturated rings. The molecule has 0 amide bonds. The van der Waals surface area contributed by atoms with Crippen molar-refractivity contribution in [1.29, 1.82) is 0 Å². The molecule has 128 valence electrons. The van der Waals surface area contributed by atoms with Crippen LogP contribution < -0.4 is 22.0 Å². The summed E-state index contributed by atoms with van der Waals surface area (Å²) >= 11 is 3.31. The molecule has 0 unspecified atom stereocenters. The fourth-order valence-corrected chi connectivity index (χ4v) is 2.88. The first-order valence-corrected chi connectivity index (χ1v) is 8.41. The lowest BCUT2D eigenvalue weighted by Gasteiger charge is -2.09. The van der Waals surface area contributed by atoms with E-state index in [-0.39, 0.29) is 11.4 Å². The summed E-state index contributed by atoms with van der Waals surface area (Å²) in [6, 6.07) is 14.0. The number of aromatic hydroxyl groups is 1. The molecule has 2 N–H and O–H groups in total. The Bertz CT molecular complexity index is 1250. The fourth-order valence-electron chi connectivity index (χ4n) is 2.62. The van der Waals surface area contributed by atoms with E-state index < -0.39 is 17.1 Å². The summed E-state index contributed by atoms with van der Waals surface area (Å²) in [6.07, 6.45) is 1.35. The number of benzene rings is 2. The van der Waals surface area contributed by atoms with E-state index in [9.17, 15) is 14.7 Å². The lowest BCUT2D eigenvalue weighted by molar-refractivity contribution is 0.429. The molecule has 2 heterocycles. The summed E-state index contributed by atoms with van der Waals surface area (Å²) in [4.78, 5) is 35.2. The van der Waals surface area contributed by atoms with Crippen LogP contribution in [0.25, 0.3) is 11.8 Å². The highest BCUT2D eigenvalue weighted by Crippen LogP contribution is 2.20. The Morgan fingerprint density at radius 2 is 1.62 bits per heavy atom. The highest BCUT2D eigenvalue weighted by atomic mass is 79.9. The number of fused-ring (bicyclic) bond motifs is 1. The van der Waals surface area contributed by atoms with Gasteiger partial charge in [0.05, 0.1) is 16.4 Å². The molecule has 1 aromatic heterocycles. The summed E-state index contributed by atoms with van der Waals surface area (Å²) in [7, 11) is 0. The molecule has 7 nitrogen and oxygen atoms in total. The number of hydrogen-bond donors (Lipinski definition) is 2. The fraction of sp³-hybridized carbons (Fsp3) is 0. The Balaban J connectivity index is 1.91. The molecule has 1 aliphatic rings. The average molecular weight is 411 g/mol. The van der Waals surface area contributed by atoms with Crippen LogP contribution in [-0.2, 0) is 0 Å². The molecule has 1 aliphatic heterocycles. The van der Waals surface area contributed by atoms with Gasteiger partial charge in [-0.1, -0.05) is 28.1 Å². The summed E-state index contributed by atoms with van der Waals surface area (Å²) < 4.78 is 1.84. The topological polar surface area (TPSA) is 99.8 Å². The van der Waals surface area contributed by atoms with Crippen molar-refractivity contribution in [3.63, 3.8) is 0 Å². The predicted molar refractivity (Wildman–Crippen MR) is 98.8 cm³/mol. The van der Waals surface area contributed by atoms with E-state index in [0.717, 1.165) is 9.04 Å². The average Bonchev–Trinajstić information content (AvgIpc) is 3.03. The van der Waals surface area contributed by atoms with Gasteiger partial charge in [0, 0.05) is 10.5 Å². The number of hydrogen-bond acceptors (Lipinski definition) is 5. The van der Waals surface area contributed by atoms with Crippen molar-refractivity contribution in [2.45, 2.75) is 0 Å². The Labute approximate surface area is 154 Å². The number of aromatic nitrogens is 2. The molecule has 8 heteroatoms. The zero-order valence-corrected chi connectivity index (χ0v) is 14.8. The molecule has 0 bridgehead atoms. The molecule has 26 heavy (non-hydrogen) atoms. The highest BCUT2D eigenvalue weighted by molar-refractivity contribution is 9.10. The number of para-hydroxylation sites is 2. The molecule has 3 aromatic rings. The molecule has 2 aromatic carbocycles. The second kappa shape index (κ2) is 6.23. The first-order chi connectivity index (χ1) is 12.5. The van der Waals surface area contributed by atoms with Gasteiger partial charge in [-0.3, -0.25) is 9.78 Å². The van der Waals surface area contributed by atoms with Crippen molar-refractivity contribution in [1.82, 2.24) is 9.55 Å². The van der Waals surface area contributed by atoms with E-state index in [1.807, 2.05) is 12.1 Å². The lowest BCUT2D eigenvalue weighted by Crippen LogP contribution is -2.30. The Morgan fingerprint density at radius 3 is 2.23 bits per heavy atom. The van der Waals surface area contributed by atoms with Gasteiger partial charge in [0.25, 0.3) is 5.56 Å². The minimum Gasteiger partial charge on any atom is -0.494 e. The second-order valence-corrected chi connectivity index (χ2v) is 6.44. The normalized spacial score (nSPS) is 12.3. The van der Waals surface area contributed by atoms with Crippen LogP contribution in [0.2, 0.25) is 0 Å². The van der Waals surface area contributed by atoms with E-state index in [0.29, 0.717) is 16.4 Å². The standard InChI is InChI=1S/C18H11BrN4O3/c19-10-5-7-11(8-6-10)23-17(25)12(16(24)22-18(23)26)9-15-20-13-3-1-2-4-14(13)21-15/h1-9,25H,(H,22,24,26). The van der Waals surface area contributed by atoms with Crippen LogP contribution in [0.1, 0.15) is 5.56 Å². The Hall–Kier alpha value is -3.26. The third-order valence-corrected chi connectivity index (χ3v) is 4.36. The van der Waals surface area contributed by atoms with Crippen LogP contribution in [0.5, 0.6) is 5.88 Å². The number of aromatic amines is 1. The van der Waals surface area contributed by atoms with Crippen LogP contribution in [0, 0.1) is 0 Å². The zero-order chi connectivity index (χ0) is 18.3. The van der Waals surface area contributed by atoms with Gasteiger partial charge in [0.2, 0.25) is 5.88 Å². The van der Waals surface area contributed by atoms with Gasteiger partial charge in [0.1, 0.15) is 5.56 Å². The molecule has 0 saturated heterocycles.